The zero-order valence-corrected chi connectivity index (χ0v) is 28.6. The molecule has 42 heavy (non-hydrogen) atoms. The Bertz CT molecular complexity index is 1150. The van der Waals surface area contributed by atoms with E-state index < -0.39 is 26.7 Å². The number of benzene rings is 4. The third-order valence-electron chi connectivity index (χ3n) is 9.88. The van der Waals surface area contributed by atoms with Crippen LogP contribution in [0.15, 0.2) is 121 Å². The van der Waals surface area contributed by atoms with E-state index in [4.69, 9.17) is 8.85 Å². The van der Waals surface area contributed by atoms with E-state index in [-0.39, 0.29) is 0 Å². The summed E-state index contributed by atoms with van der Waals surface area (Å²) in [7, 11) is -5.44. The lowest BCUT2D eigenvalue weighted by Crippen LogP contribution is -2.77. The van der Waals surface area contributed by atoms with E-state index in [0.29, 0.717) is 13.2 Å². The molecule has 2 nitrogen and oxygen atoms in total. The fraction of sp³-hybridized carbons (Fsp3) is 0.368. The fourth-order valence-electron chi connectivity index (χ4n) is 8.43. The monoisotopic (exact) mass is 594 g/mol. The number of hydrogen-bond acceptors (Lipinski definition) is 2. The van der Waals surface area contributed by atoms with Gasteiger partial charge in [0.25, 0.3) is 0 Å². The maximum absolute atomic E-state index is 7.42. The Balaban J connectivity index is 2.49. The topological polar surface area (TPSA) is 18.5 Å². The van der Waals surface area contributed by atoms with Crippen LogP contribution < -0.4 is 0 Å². The average Bonchev–Trinajstić information content (AvgIpc) is 3.07. The van der Waals surface area contributed by atoms with Crippen LogP contribution in [0.1, 0.15) is 63.8 Å². The summed E-state index contributed by atoms with van der Waals surface area (Å²) in [6, 6.07) is 49.5. The van der Waals surface area contributed by atoms with Crippen LogP contribution in [0.4, 0.5) is 0 Å². The SMILES string of the molecule is CCO[Si](CC)(CC)C(c1ccccc1)(c1ccccc1)C(c1ccccc1)(c1ccccc1)[Si](CC)(CC)OCC. The second kappa shape index (κ2) is 14.1. The summed E-state index contributed by atoms with van der Waals surface area (Å²) in [5.41, 5.74) is 5.36. The van der Waals surface area contributed by atoms with Gasteiger partial charge in [-0.25, -0.2) is 0 Å². The molecule has 0 saturated heterocycles. The van der Waals surface area contributed by atoms with Gasteiger partial charge in [0.2, 0.25) is 16.6 Å². The first kappa shape index (κ1) is 32.2. The summed E-state index contributed by atoms with van der Waals surface area (Å²) in [6.07, 6.45) is 0. The summed E-state index contributed by atoms with van der Waals surface area (Å²) < 4.78 is 14.8. The minimum absolute atomic E-state index is 0.488. The standard InChI is InChI=1S/C38H50O2Si2/c1-7-39-41(9-3,10-4)37(33-25-17-13-18-26-33,34-27-19-14-20-28-34)38(35-29-21-15-22-30-35,36-31-23-16-24-32-36)42(11-5,12-6)40-8-2/h13-32H,7-12H2,1-6H3. The van der Waals surface area contributed by atoms with Crippen molar-refractivity contribution in [1.29, 1.82) is 0 Å². The molecule has 0 fully saturated rings. The van der Waals surface area contributed by atoms with Gasteiger partial charge in [-0.1, -0.05) is 149 Å². The van der Waals surface area contributed by atoms with Crippen molar-refractivity contribution < 1.29 is 8.85 Å². The third kappa shape index (κ3) is 4.87. The van der Waals surface area contributed by atoms with Crippen molar-refractivity contribution >= 4 is 16.6 Å². The molecule has 4 aromatic rings. The average molecular weight is 595 g/mol. The first-order valence-corrected chi connectivity index (χ1v) is 20.7. The molecule has 0 saturated carbocycles. The lowest BCUT2D eigenvalue weighted by molar-refractivity contribution is 0.251. The van der Waals surface area contributed by atoms with Gasteiger partial charge in [-0.15, -0.1) is 0 Å². The van der Waals surface area contributed by atoms with Crippen LogP contribution in [-0.4, -0.2) is 29.8 Å². The minimum Gasteiger partial charge on any atom is -0.416 e. The maximum Gasteiger partial charge on any atom is 0.207 e. The van der Waals surface area contributed by atoms with Gasteiger partial charge < -0.3 is 8.85 Å². The van der Waals surface area contributed by atoms with Crippen LogP contribution in [0.2, 0.25) is 24.2 Å². The van der Waals surface area contributed by atoms with Gasteiger partial charge >= 0.3 is 0 Å². The molecule has 0 aromatic heterocycles. The summed E-state index contributed by atoms with van der Waals surface area (Å²) in [5.74, 6) is 0. The van der Waals surface area contributed by atoms with E-state index in [9.17, 15) is 0 Å². The highest BCUT2D eigenvalue weighted by Crippen LogP contribution is 2.64. The maximum atomic E-state index is 7.42. The molecule has 0 bridgehead atoms. The van der Waals surface area contributed by atoms with E-state index in [2.05, 4.69) is 163 Å². The Kier molecular flexibility index (Phi) is 10.8. The molecule has 0 radical (unpaired) electrons. The van der Waals surface area contributed by atoms with Crippen molar-refractivity contribution in [2.45, 2.75) is 75.8 Å². The molecule has 0 amide bonds. The van der Waals surface area contributed by atoms with Gasteiger partial charge in [0.05, 0.1) is 10.1 Å². The molecule has 0 aliphatic carbocycles. The molecule has 0 N–H and O–H groups in total. The number of rotatable bonds is 15. The first-order valence-electron chi connectivity index (χ1n) is 16.0. The van der Waals surface area contributed by atoms with Crippen molar-refractivity contribution in [3.63, 3.8) is 0 Å². The van der Waals surface area contributed by atoms with Crippen LogP contribution in [0.5, 0.6) is 0 Å². The third-order valence-corrected chi connectivity index (χ3v) is 21.0. The van der Waals surface area contributed by atoms with Gasteiger partial charge in [0, 0.05) is 13.2 Å². The van der Waals surface area contributed by atoms with Crippen LogP contribution in [-0.2, 0) is 18.9 Å². The summed E-state index contributed by atoms with van der Waals surface area (Å²) in [4.78, 5) is 0. The fourth-order valence-corrected chi connectivity index (χ4v) is 20.0. The molecule has 0 aliphatic heterocycles. The molecule has 4 rings (SSSR count). The first-order chi connectivity index (χ1) is 20.5. The Hall–Kier alpha value is -2.77. The van der Waals surface area contributed by atoms with E-state index in [1.807, 2.05) is 0 Å². The van der Waals surface area contributed by atoms with E-state index >= 15 is 0 Å². The smallest absolute Gasteiger partial charge is 0.207 e. The van der Waals surface area contributed by atoms with Crippen LogP contribution >= 0.6 is 0 Å². The Morgan fingerprint density at radius 3 is 0.762 bits per heavy atom. The second-order valence-corrected chi connectivity index (χ2v) is 20.1. The molecule has 0 unspecified atom stereocenters. The van der Waals surface area contributed by atoms with Crippen LogP contribution in [0.25, 0.3) is 0 Å². The zero-order valence-electron chi connectivity index (χ0n) is 26.6. The van der Waals surface area contributed by atoms with Crippen LogP contribution in [0, 0.1) is 0 Å². The van der Waals surface area contributed by atoms with E-state index in [1.54, 1.807) is 0 Å². The summed E-state index contributed by atoms with van der Waals surface area (Å²) >= 11 is 0. The highest BCUT2D eigenvalue weighted by atomic mass is 28.4. The predicted molar refractivity (Wildman–Crippen MR) is 184 cm³/mol. The van der Waals surface area contributed by atoms with Crippen molar-refractivity contribution in [2.75, 3.05) is 13.2 Å². The molecule has 4 heteroatoms. The molecule has 0 spiro atoms. The normalized spacial score (nSPS) is 12.8. The van der Waals surface area contributed by atoms with Crippen LogP contribution in [0.3, 0.4) is 0 Å². The highest BCUT2D eigenvalue weighted by molar-refractivity contribution is 6.84. The van der Waals surface area contributed by atoms with E-state index in [0.717, 1.165) is 24.2 Å². The van der Waals surface area contributed by atoms with Crippen molar-refractivity contribution in [3.05, 3.63) is 144 Å². The van der Waals surface area contributed by atoms with Gasteiger partial charge in [-0.2, -0.15) is 0 Å². The molecule has 0 heterocycles. The molecule has 0 aliphatic rings. The quantitative estimate of drug-likeness (QED) is 0.128. The zero-order chi connectivity index (χ0) is 30.1. The lowest BCUT2D eigenvalue weighted by atomic mass is 9.71. The summed E-state index contributed by atoms with van der Waals surface area (Å²) in [5, 5.41) is -0.976. The summed E-state index contributed by atoms with van der Waals surface area (Å²) in [6.45, 7) is 15.3. The second-order valence-electron chi connectivity index (χ2n) is 11.2. The van der Waals surface area contributed by atoms with Gasteiger partial charge in [0.15, 0.2) is 0 Å². The Labute approximate surface area is 257 Å². The molecular weight excluding hydrogens is 545 g/mol. The molecule has 222 valence electrons. The van der Waals surface area contributed by atoms with Gasteiger partial charge in [-0.05, 0) is 60.3 Å². The predicted octanol–water partition coefficient (Wildman–Crippen LogP) is 10.1. The lowest BCUT2D eigenvalue weighted by Gasteiger charge is -2.65. The minimum atomic E-state index is -2.72. The Morgan fingerprint density at radius 2 is 0.595 bits per heavy atom. The molecule has 0 atom stereocenters. The van der Waals surface area contributed by atoms with E-state index in [1.165, 1.54) is 22.3 Å². The molecular formula is C38H50O2Si2. The molecule has 4 aromatic carbocycles. The van der Waals surface area contributed by atoms with Crippen molar-refractivity contribution in [2.24, 2.45) is 0 Å². The number of hydrogen-bond donors (Lipinski definition) is 0. The van der Waals surface area contributed by atoms with Crippen molar-refractivity contribution in [3.8, 4) is 0 Å². The van der Waals surface area contributed by atoms with Gasteiger partial charge in [-0.3, -0.25) is 0 Å². The largest absolute Gasteiger partial charge is 0.416 e. The van der Waals surface area contributed by atoms with Gasteiger partial charge in [0.1, 0.15) is 0 Å². The highest BCUT2D eigenvalue weighted by Gasteiger charge is 2.74. The Morgan fingerprint density at radius 1 is 0.381 bits per heavy atom. The van der Waals surface area contributed by atoms with Crippen molar-refractivity contribution in [1.82, 2.24) is 0 Å².